The first-order valence-corrected chi connectivity index (χ1v) is 21.8. The van der Waals surface area contributed by atoms with E-state index >= 15 is 0 Å². The summed E-state index contributed by atoms with van der Waals surface area (Å²) >= 11 is 1.70. The van der Waals surface area contributed by atoms with Gasteiger partial charge in [-0.05, 0) is 109 Å². The van der Waals surface area contributed by atoms with Crippen LogP contribution in [0.15, 0.2) is 126 Å². The third kappa shape index (κ3) is 10.5. The molecule has 6 heteroatoms. The van der Waals surface area contributed by atoms with Gasteiger partial charge in [-0.3, -0.25) is 9.79 Å². The fraction of sp³-hybridized carbons (Fsp3) is 0.291. The lowest BCUT2D eigenvalue weighted by Crippen LogP contribution is -2.11. The summed E-state index contributed by atoms with van der Waals surface area (Å²) in [6.45, 7) is 26.2. The maximum Gasteiger partial charge on any atom is 0.153 e. The molecule has 0 saturated heterocycles. The summed E-state index contributed by atoms with van der Waals surface area (Å²) in [5.41, 5.74) is 13.4. The molecule has 0 unspecified atom stereocenters. The largest absolute Gasteiger partial charge is 0.507 e. The van der Waals surface area contributed by atoms with Crippen molar-refractivity contribution < 1.29 is 15.0 Å². The number of carbonyl (C=O) groups is 1. The topological polar surface area (TPSA) is 82.8 Å². The van der Waals surface area contributed by atoms with Gasteiger partial charge >= 0.3 is 0 Å². The molecule has 0 aliphatic carbocycles. The molecule has 0 fully saturated rings. The van der Waals surface area contributed by atoms with E-state index in [1.807, 2.05) is 36.4 Å². The number of aromatic nitrogens is 1. The number of para-hydroxylation sites is 1. The van der Waals surface area contributed by atoms with Crippen molar-refractivity contribution in [3.63, 3.8) is 0 Å². The van der Waals surface area contributed by atoms with E-state index < -0.39 is 0 Å². The number of aliphatic imine (C=N–C) groups is 1. The van der Waals surface area contributed by atoms with E-state index in [1.54, 1.807) is 35.8 Å². The number of phenols is 2. The fourth-order valence-corrected chi connectivity index (χ4v) is 8.01. The first kappa shape index (κ1) is 44.7. The second-order valence-corrected chi connectivity index (χ2v) is 21.0. The van der Waals surface area contributed by atoms with Crippen molar-refractivity contribution in [1.82, 2.24) is 4.98 Å². The van der Waals surface area contributed by atoms with Crippen molar-refractivity contribution in [2.75, 3.05) is 0 Å². The molecule has 6 aromatic carbocycles. The van der Waals surface area contributed by atoms with Gasteiger partial charge in [-0.25, -0.2) is 4.98 Å². The van der Waals surface area contributed by atoms with Crippen LogP contribution in [0.2, 0.25) is 0 Å². The number of nitrogens with zero attached hydrogens (tertiary/aromatic N) is 2. The quantitative estimate of drug-likeness (QED) is 0.129. The minimum absolute atomic E-state index is 0.00542. The summed E-state index contributed by atoms with van der Waals surface area (Å²) in [7, 11) is 0. The highest BCUT2D eigenvalue weighted by atomic mass is 32.1. The molecule has 0 atom stereocenters. The highest BCUT2D eigenvalue weighted by Crippen LogP contribution is 2.42. The molecule has 0 spiro atoms. The third-order valence-corrected chi connectivity index (χ3v) is 12.1. The number of phenolic OH excluding ortho intramolecular Hbond substituents is 2. The van der Waals surface area contributed by atoms with Crippen LogP contribution in [0.3, 0.4) is 0 Å². The molecule has 2 N–H and O–H groups in total. The van der Waals surface area contributed by atoms with Gasteiger partial charge in [-0.1, -0.05) is 156 Å². The van der Waals surface area contributed by atoms with Crippen LogP contribution >= 0.6 is 11.3 Å². The Morgan fingerprint density at radius 2 is 0.984 bits per heavy atom. The van der Waals surface area contributed by atoms with E-state index in [4.69, 9.17) is 9.98 Å². The lowest BCUT2D eigenvalue weighted by molar-refractivity contribution is 0.112. The maximum absolute atomic E-state index is 10.6. The minimum Gasteiger partial charge on any atom is -0.507 e. The van der Waals surface area contributed by atoms with E-state index in [9.17, 15) is 15.0 Å². The zero-order valence-electron chi connectivity index (χ0n) is 37.8. The van der Waals surface area contributed by atoms with Crippen molar-refractivity contribution in [3.05, 3.63) is 155 Å². The zero-order valence-corrected chi connectivity index (χ0v) is 38.6. The van der Waals surface area contributed by atoms with Gasteiger partial charge in [0.15, 0.2) is 6.29 Å². The van der Waals surface area contributed by atoms with E-state index in [0.29, 0.717) is 17.4 Å². The fourth-order valence-electron chi connectivity index (χ4n) is 6.95. The van der Waals surface area contributed by atoms with Gasteiger partial charge in [0.1, 0.15) is 16.5 Å². The Hall–Kier alpha value is -5.85. The summed E-state index contributed by atoms with van der Waals surface area (Å²) in [4.78, 5) is 20.7. The molecule has 0 aliphatic rings. The number of fused-ring (bicyclic) bond motifs is 1. The van der Waals surface area contributed by atoms with Gasteiger partial charge in [0.05, 0.1) is 21.5 Å². The average molecular weight is 829 g/mol. The summed E-state index contributed by atoms with van der Waals surface area (Å²) in [6, 6.07) is 41.4. The Kier molecular flexibility index (Phi) is 12.6. The van der Waals surface area contributed by atoms with Crippen molar-refractivity contribution in [3.8, 4) is 44.3 Å². The Morgan fingerprint density at radius 1 is 0.508 bits per heavy atom. The van der Waals surface area contributed by atoms with Crippen LogP contribution in [0.25, 0.3) is 43.0 Å². The van der Waals surface area contributed by atoms with Crippen molar-refractivity contribution in [2.45, 2.75) is 105 Å². The molecule has 0 radical (unpaired) electrons. The van der Waals surface area contributed by atoms with Gasteiger partial charge in [0, 0.05) is 22.9 Å². The Bertz CT molecular complexity index is 2690. The number of aromatic hydroxyl groups is 2. The van der Waals surface area contributed by atoms with Crippen LogP contribution in [0.5, 0.6) is 11.5 Å². The first-order chi connectivity index (χ1) is 28.5. The first-order valence-electron chi connectivity index (χ1n) is 20.9. The van der Waals surface area contributed by atoms with Gasteiger partial charge in [0.25, 0.3) is 0 Å². The van der Waals surface area contributed by atoms with Crippen molar-refractivity contribution >= 4 is 39.7 Å². The van der Waals surface area contributed by atoms with Gasteiger partial charge < -0.3 is 10.2 Å². The number of rotatable bonds is 6. The molecule has 1 heterocycles. The van der Waals surface area contributed by atoms with Crippen LogP contribution in [0.1, 0.15) is 121 Å². The molecule has 0 amide bonds. The monoisotopic (exact) mass is 828 g/mol. The molecule has 7 rings (SSSR count). The SMILES string of the molecule is CC(C)(C)c1ccc(-c2ccc(-c3cc(C(C)(C)C)cc4sc(-c5ccccc5N=Cc5cc(C(C)(C)C)ccc5O)nc34)cc2)cc1.CC(C)(C)c1ccc(O)c(C=O)c1. The molecule has 0 aliphatic heterocycles. The Labute approximate surface area is 366 Å². The standard InChI is InChI=1S/C44H46N2OS.C11H14O2/c1-42(2,3)32-20-18-29(19-21-32)28-14-16-30(17-15-28)36-25-34(44(7,8)9)26-39-40(36)46-41(48-39)35-12-10-11-13-37(35)45-27-31-24-33(43(4,5)6)22-23-38(31)47;1-11(2,3)9-4-5-10(13)8(6-9)7-12/h10-27,47H,1-9H3;4-7,13H,1-3H3. The lowest BCUT2D eigenvalue weighted by Gasteiger charge is -2.20. The lowest BCUT2D eigenvalue weighted by atomic mass is 9.85. The summed E-state index contributed by atoms with van der Waals surface area (Å²) in [6.07, 6.45) is 2.43. The van der Waals surface area contributed by atoms with Gasteiger partial charge in [0.2, 0.25) is 0 Å². The number of hydrogen-bond acceptors (Lipinski definition) is 6. The van der Waals surface area contributed by atoms with Crippen LogP contribution in [-0.4, -0.2) is 27.7 Å². The zero-order chi connectivity index (χ0) is 44.5. The molecule has 7 aromatic rings. The Balaban J connectivity index is 0.000000410. The van der Waals surface area contributed by atoms with Gasteiger partial charge in [-0.2, -0.15) is 0 Å². The number of benzene rings is 6. The molecule has 61 heavy (non-hydrogen) atoms. The van der Waals surface area contributed by atoms with Crippen molar-refractivity contribution in [1.29, 1.82) is 0 Å². The molecule has 0 bridgehead atoms. The summed E-state index contributed by atoms with van der Waals surface area (Å²) in [5.74, 6) is 0.263. The Morgan fingerprint density at radius 3 is 1.52 bits per heavy atom. The second-order valence-electron chi connectivity index (χ2n) is 20.0. The van der Waals surface area contributed by atoms with Crippen LogP contribution in [0, 0.1) is 0 Å². The minimum atomic E-state index is -0.0309. The maximum atomic E-state index is 10.6. The van der Waals surface area contributed by atoms with Crippen LogP contribution in [-0.2, 0) is 21.7 Å². The van der Waals surface area contributed by atoms with Gasteiger partial charge in [-0.15, -0.1) is 11.3 Å². The predicted molar refractivity (Wildman–Crippen MR) is 260 cm³/mol. The molecule has 0 saturated carbocycles. The summed E-state index contributed by atoms with van der Waals surface area (Å²) < 4.78 is 1.16. The number of carbonyl (C=O) groups excluding carboxylic acids is 1. The molecule has 1 aromatic heterocycles. The van der Waals surface area contributed by atoms with Crippen molar-refractivity contribution in [2.24, 2.45) is 4.99 Å². The molecule has 5 nitrogen and oxygen atoms in total. The molecular formula is C55H60N2O3S. The van der Waals surface area contributed by atoms with Crippen LogP contribution in [0.4, 0.5) is 5.69 Å². The van der Waals surface area contributed by atoms with Crippen LogP contribution < -0.4 is 0 Å². The van der Waals surface area contributed by atoms with E-state index in [-0.39, 0.29) is 33.2 Å². The molecular weight excluding hydrogens is 769 g/mol. The van der Waals surface area contributed by atoms with E-state index in [2.05, 4.69) is 150 Å². The number of aldehydes is 1. The third-order valence-electron chi connectivity index (χ3n) is 11.0. The highest BCUT2D eigenvalue weighted by molar-refractivity contribution is 7.21. The highest BCUT2D eigenvalue weighted by Gasteiger charge is 2.21. The second kappa shape index (κ2) is 17.3. The normalized spacial score (nSPS) is 12.4. The van der Waals surface area contributed by atoms with E-state index in [1.165, 1.54) is 22.3 Å². The smallest absolute Gasteiger partial charge is 0.153 e. The molecule has 314 valence electrons. The summed E-state index contributed by atoms with van der Waals surface area (Å²) in [5, 5.41) is 20.8. The number of thiazole rings is 1. The predicted octanol–water partition coefficient (Wildman–Crippen LogP) is 15.1. The average Bonchev–Trinajstić information content (AvgIpc) is 3.64. The number of hydrogen-bond donors (Lipinski definition) is 2. The van der Waals surface area contributed by atoms with E-state index in [0.717, 1.165) is 48.7 Å².